The summed E-state index contributed by atoms with van der Waals surface area (Å²) in [6.07, 6.45) is 4.79. The number of amides is 1. The van der Waals surface area contributed by atoms with Crippen molar-refractivity contribution in [2.24, 2.45) is 0 Å². The van der Waals surface area contributed by atoms with Gasteiger partial charge in [-0.3, -0.25) is 4.79 Å². The van der Waals surface area contributed by atoms with Crippen molar-refractivity contribution < 1.29 is 9.53 Å². The molecule has 1 amide bonds. The molecular formula is C18H25ClN2O2. The largest absolute Gasteiger partial charge is 0.373 e. The first-order valence-corrected chi connectivity index (χ1v) is 8.54. The first kappa shape index (κ1) is 16.7. The third-order valence-electron chi connectivity index (χ3n) is 5.39. The van der Waals surface area contributed by atoms with Crippen LogP contribution in [-0.2, 0) is 16.0 Å². The van der Waals surface area contributed by atoms with Crippen LogP contribution in [0.5, 0.6) is 0 Å². The summed E-state index contributed by atoms with van der Waals surface area (Å²) < 4.78 is 5.92. The van der Waals surface area contributed by atoms with Gasteiger partial charge < -0.3 is 15.0 Å². The van der Waals surface area contributed by atoms with Crippen molar-refractivity contribution in [2.75, 3.05) is 19.7 Å². The van der Waals surface area contributed by atoms with Crippen molar-refractivity contribution in [3.8, 4) is 0 Å². The number of fused-ring (bicyclic) bond motifs is 3. The van der Waals surface area contributed by atoms with Gasteiger partial charge in [0.05, 0.1) is 19.1 Å². The molecule has 3 atom stereocenters. The van der Waals surface area contributed by atoms with Gasteiger partial charge in [0.15, 0.2) is 0 Å². The molecular weight excluding hydrogens is 312 g/mol. The van der Waals surface area contributed by atoms with E-state index >= 15 is 0 Å². The highest BCUT2D eigenvalue weighted by Gasteiger charge is 2.39. The summed E-state index contributed by atoms with van der Waals surface area (Å²) in [5, 5.41) is 3.46. The van der Waals surface area contributed by atoms with E-state index in [1.54, 1.807) is 0 Å². The number of carbonyl (C=O) groups excluding carboxylic acids is 1. The molecule has 3 unspecified atom stereocenters. The van der Waals surface area contributed by atoms with Gasteiger partial charge in [0, 0.05) is 18.6 Å². The number of hydrogen-bond donors (Lipinski definition) is 1. The number of benzene rings is 1. The van der Waals surface area contributed by atoms with Gasteiger partial charge in [-0.15, -0.1) is 12.4 Å². The van der Waals surface area contributed by atoms with E-state index < -0.39 is 0 Å². The van der Waals surface area contributed by atoms with Crippen LogP contribution in [0.4, 0.5) is 0 Å². The molecule has 3 heterocycles. The highest BCUT2D eigenvalue weighted by molar-refractivity contribution is 5.85. The maximum absolute atomic E-state index is 12.9. The average Bonchev–Trinajstić information content (AvgIpc) is 2.81. The number of hydrogen-bond acceptors (Lipinski definition) is 3. The first-order chi connectivity index (χ1) is 10.8. The third kappa shape index (κ3) is 3.25. The van der Waals surface area contributed by atoms with Crippen LogP contribution in [-0.4, -0.2) is 42.6 Å². The summed E-state index contributed by atoms with van der Waals surface area (Å²) in [4.78, 5) is 15.1. The molecule has 2 bridgehead atoms. The molecule has 3 aliphatic rings. The minimum Gasteiger partial charge on any atom is -0.373 e. The maximum Gasteiger partial charge on any atom is 0.226 e. The molecule has 0 spiro atoms. The summed E-state index contributed by atoms with van der Waals surface area (Å²) in [7, 11) is 0. The van der Waals surface area contributed by atoms with E-state index in [2.05, 4.69) is 28.4 Å². The summed E-state index contributed by atoms with van der Waals surface area (Å²) in [5.74, 6) is 0.276. The Morgan fingerprint density at radius 2 is 2.04 bits per heavy atom. The van der Waals surface area contributed by atoms with Crippen LogP contribution in [0.3, 0.4) is 0 Å². The Balaban J connectivity index is 0.00000156. The molecule has 2 saturated heterocycles. The summed E-state index contributed by atoms with van der Waals surface area (Å²) >= 11 is 0. The van der Waals surface area contributed by atoms with E-state index in [0.717, 1.165) is 39.0 Å². The molecule has 5 heteroatoms. The summed E-state index contributed by atoms with van der Waals surface area (Å²) in [6, 6.07) is 9.22. The van der Waals surface area contributed by atoms with E-state index in [4.69, 9.17) is 4.74 Å². The number of rotatable bonds is 2. The van der Waals surface area contributed by atoms with Gasteiger partial charge in [-0.05, 0) is 43.4 Å². The number of ether oxygens (including phenoxy) is 1. The lowest BCUT2D eigenvalue weighted by atomic mass is 9.95. The monoisotopic (exact) mass is 336 g/mol. The molecule has 4 rings (SSSR count). The van der Waals surface area contributed by atoms with Gasteiger partial charge in [0.1, 0.15) is 0 Å². The molecule has 3 aliphatic heterocycles. The van der Waals surface area contributed by atoms with Crippen molar-refractivity contribution in [3.63, 3.8) is 0 Å². The van der Waals surface area contributed by atoms with E-state index in [0.29, 0.717) is 18.5 Å². The van der Waals surface area contributed by atoms with Gasteiger partial charge in [-0.2, -0.15) is 0 Å². The fraction of sp³-hybridized carbons (Fsp3) is 0.611. The van der Waals surface area contributed by atoms with Crippen molar-refractivity contribution in [3.05, 3.63) is 35.4 Å². The molecule has 0 aromatic heterocycles. The Hall–Kier alpha value is -1.10. The molecule has 1 aromatic rings. The van der Waals surface area contributed by atoms with Crippen LogP contribution < -0.4 is 5.32 Å². The lowest BCUT2D eigenvalue weighted by Crippen LogP contribution is -2.43. The Bertz CT molecular complexity index is 552. The minimum absolute atomic E-state index is 0. The van der Waals surface area contributed by atoms with Crippen LogP contribution in [0.1, 0.15) is 42.9 Å². The fourth-order valence-corrected chi connectivity index (χ4v) is 4.30. The van der Waals surface area contributed by atoms with E-state index in [9.17, 15) is 4.79 Å². The van der Waals surface area contributed by atoms with Crippen LogP contribution in [0.2, 0.25) is 0 Å². The Morgan fingerprint density at radius 3 is 2.96 bits per heavy atom. The quantitative estimate of drug-likeness (QED) is 0.902. The molecule has 0 radical (unpaired) electrons. The Labute approximate surface area is 144 Å². The van der Waals surface area contributed by atoms with Crippen molar-refractivity contribution in [1.29, 1.82) is 0 Å². The normalized spacial score (nSPS) is 29.4. The molecule has 2 fully saturated rings. The van der Waals surface area contributed by atoms with Gasteiger partial charge in [-0.1, -0.05) is 24.3 Å². The van der Waals surface area contributed by atoms with Crippen molar-refractivity contribution in [1.82, 2.24) is 10.2 Å². The van der Waals surface area contributed by atoms with Gasteiger partial charge in [0.25, 0.3) is 0 Å². The number of halogens is 1. The lowest BCUT2D eigenvalue weighted by molar-refractivity contribution is -0.137. The van der Waals surface area contributed by atoms with E-state index in [1.165, 1.54) is 17.5 Å². The molecule has 23 heavy (non-hydrogen) atoms. The molecule has 1 aromatic carbocycles. The van der Waals surface area contributed by atoms with Crippen LogP contribution in [0.25, 0.3) is 0 Å². The molecule has 4 nitrogen and oxygen atoms in total. The number of nitrogens with one attached hydrogen (secondary N) is 1. The number of carbonyl (C=O) groups is 1. The number of nitrogens with zero attached hydrogens (tertiary/aromatic N) is 1. The second-order valence-corrected chi connectivity index (χ2v) is 6.69. The van der Waals surface area contributed by atoms with Gasteiger partial charge in [-0.25, -0.2) is 0 Å². The average molecular weight is 337 g/mol. The highest BCUT2D eigenvalue weighted by atomic mass is 35.5. The second-order valence-electron chi connectivity index (χ2n) is 6.69. The first-order valence-electron chi connectivity index (χ1n) is 8.54. The van der Waals surface area contributed by atoms with Crippen LogP contribution in [0.15, 0.2) is 24.3 Å². The second kappa shape index (κ2) is 7.20. The zero-order valence-corrected chi connectivity index (χ0v) is 14.2. The SMILES string of the molecule is Cl.O=C(CC1OCCc2ccccc21)N1C2CCNCC1CC2. The highest BCUT2D eigenvalue weighted by Crippen LogP contribution is 2.33. The smallest absolute Gasteiger partial charge is 0.226 e. The predicted octanol–water partition coefficient (Wildman–Crippen LogP) is 2.47. The topological polar surface area (TPSA) is 41.6 Å². The third-order valence-corrected chi connectivity index (χ3v) is 5.39. The van der Waals surface area contributed by atoms with E-state index in [1.807, 2.05) is 6.07 Å². The Kier molecular flexibility index (Phi) is 5.24. The van der Waals surface area contributed by atoms with Gasteiger partial charge >= 0.3 is 0 Å². The van der Waals surface area contributed by atoms with Crippen molar-refractivity contribution in [2.45, 2.75) is 50.3 Å². The molecule has 1 N–H and O–H groups in total. The Morgan fingerprint density at radius 1 is 1.22 bits per heavy atom. The molecule has 126 valence electrons. The molecule has 0 aliphatic carbocycles. The van der Waals surface area contributed by atoms with Crippen LogP contribution >= 0.6 is 12.4 Å². The minimum atomic E-state index is -0.0620. The predicted molar refractivity (Wildman–Crippen MR) is 91.8 cm³/mol. The lowest BCUT2D eigenvalue weighted by Gasteiger charge is -2.31. The standard InChI is InChI=1S/C18H24N2O2.ClH/c21-18(20-14-5-6-15(20)12-19-9-7-14)11-17-16-4-2-1-3-13(16)8-10-22-17;/h1-4,14-15,17,19H,5-12H2;1H. The van der Waals surface area contributed by atoms with Crippen molar-refractivity contribution >= 4 is 18.3 Å². The zero-order chi connectivity index (χ0) is 14.9. The fourth-order valence-electron chi connectivity index (χ4n) is 4.30. The summed E-state index contributed by atoms with van der Waals surface area (Å²) in [6.45, 7) is 2.71. The molecule has 0 saturated carbocycles. The van der Waals surface area contributed by atoms with E-state index in [-0.39, 0.29) is 24.4 Å². The summed E-state index contributed by atoms with van der Waals surface area (Å²) in [5.41, 5.74) is 2.55. The van der Waals surface area contributed by atoms with Crippen LogP contribution in [0, 0.1) is 0 Å². The van der Waals surface area contributed by atoms with Gasteiger partial charge in [0.2, 0.25) is 5.91 Å². The zero-order valence-electron chi connectivity index (χ0n) is 13.4. The maximum atomic E-state index is 12.9.